The van der Waals surface area contributed by atoms with Gasteiger partial charge in [0.25, 0.3) is 0 Å². The van der Waals surface area contributed by atoms with E-state index >= 15 is 0 Å². The number of pyridine rings is 1. The molecule has 0 saturated heterocycles. The Morgan fingerprint density at radius 2 is 1.20 bits per heavy atom. The lowest BCUT2D eigenvalue weighted by Crippen LogP contribution is -2.36. The number of rotatable bonds is 1. The van der Waals surface area contributed by atoms with Crippen LogP contribution in [-0.2, 0) is 7.05 Å². The van der Waals surface area contributed by atoms with Crippen LogP contribution in [0.4, 0.5) is 0 Å². The van der Waals surface area contributed by atoms with E-state index < -0.39 is 0 Å². The first-order valence-corrected chi connectivity index (χ1v) is 7.30. The first kappa shape index (κ1) is 14.8. The highest BCUT2D eigenvalue weighted by atomic mass is 14.9. The lowest BCUT2D eigenvalue weighted by atomic mass is 9.91. The van der Waals surface area contributed by atoms with Crippen molar-refractivity contribution in [3.63, 3.8) is 0 Å². The Morgan fingerprint density at radius 3 is 1.80 bits per heavy atom. The summed E-state index contributed by atoms with van der Waals surface area (Å²) in [6.45, 7) is 15.5. The molecule has 0 saturated carbocycles. The fourth-order valence-electron chi connectivity index (χ4n) is 3.05. The second-order valence-corrected chi connectivity index (χ2v) is 6.12. The van der Waals surface area contributed by atoms with Crippen molar-refractivity contribution < 1.29 is 4.57 Å². The fraction of sp³-hybridized carbons (Fsp3) is 0.421. The summed E-state index contributed by atoms with van der Waals surface area (Å²) in [6, 6.07) is 4.63. The molecular formula is C19H26N+. The fourth-order valence-corrected chi connectivity index (χ4v) is 3.05. The van der Waals surface area contributed by atoms with Crippen LogP contribution in [0, 0.1) is 48.5 Å². The molecule has 0 amide bonds. The van der Waals surface area contributed by atoms with Gasteiger partial charge in [0.1, 0.15) is 7.05 Å². The van der Waals surface area contributed by atoms with Gasteiger partial charge in [0.05, 0.1) is 5.56 Å². The molecule has 106 valence electrons. The van der Waals surface area contributed by atoms with E-state index in [0.29, 0.717) is 0 Å². The minimum Gasteiger partial charge on any atom is -0.198 e. The Bertz CT molecular complexity index is 694. The molecule has 0 atom stereocenters. The minimum atomic E-state index is 1.32. The Morgan fingerprint density at radius 1 is 0.650 bits per heavy atom. The van der Waals surface area contributed by atoms with Gasteiger partial charge in [0.2, 0.25) is 5.69 Å². The normalized spacial score (nSPS) is 11.0. The Kier molecular flexibility index (Phi) is 3.73. The molecule has 1 nitrogen and oxygen atoms in total. The van der Waals surface area contributed by atoms with Gasteiger partial charge in [0.15, 0.2) is 5.69 Å². The SMILES string of the molecule is Cc1cc(C)c(-c2cc(C)c(C)c(C)[n+]2C)c(C)c1C. The van der Waals surface area contributed by atoms with Crippen molar-refractivity contribution in [1.29, 1.82) is 0 Å². The average molecular weight is 268 g/mol. The van der Waals surface area contributed by atoms with E-state index in [4.69, 9.17) is 0 Å². The molecule has 1 heteroatoms. The molecule has 2 rings (SSSR count). The van der Waals surface area contributed by atoms with Crippen molar-refractivity contribution in [2.75, 3.05) is 0 Å². The van der Waals surface area contributed by atoms with Crippen LogP contribution in [0.2, 0.25) is 0 Å². The maximum Gasteiger partial charge on any atom is 0.213 e. The smallest absolute Gasteiger partial charge is 0.198 e. The van der Waals surface area contributed by atoms with E-state index in [0.717, 1.165) is 0 Å². The standard InChI is InChI=1S/C19H26N/c1-11-9-13(3)19(16(6)14(11)4)18-10-12(2)15(5)17(7)20(18)8/h9-10H,1-8H3/q+1. The molecule has 1 aromatic carbocycles. The Hall–Kier alpha value is -1.63. The van der Waals surface area contributed by atoms with E-state index in [9.17, 15) is 0 Å². The van der Waals surface area contributed by atoms with Crippen LogP contribution >= 0.6 is 0 Å². The second-order valence-electron chi connectivity index (χ2n) is 6.12. The van der Waals surface area contributed by atoms with Crippen LogP contribution in [0.5, 0.6) is 0 Å². The number of aromatic nitrogens is 1. The van der Waals surface area contributed by atoms with Crippen molar-refractivity contribution >= 4 is 0 Å². The van der Waals surface area contributed by atoms with Gasteiger partial charge in [-0.25, -0.2) is 0 Å². The number of hydrogen-bond acceptors (Lipinski definition) is 0. The quantitative estimate of drug-likeness (QED) is 0.678. The van der Waals surface area contributed by atoms with E-state index in [1.807, 2.05) is 0 Å². The molecule has 20 heavy (non-hydrogen) atoms. The monoisotopic (exact) mass is 268 g/mol. The lowest BCUT2D eigenvalue weighted by molar-refractivity contribution is -0.667. The summed E-state index contributed by atoms with van der Waals surface area (Å²) in [7, 11) is 2.17. The summed E-state index contributed by atoms with van der Waals surface area (Å²) in [4.78, 5) is 0. The maximum atomic E-state index is 2.33. The van der Waals surface area contributed by atoms with Crippen molar-refractivity contribution in [3.8, 4) is 11.3 Å². The van der Waals surface area contributed by atoms with Gasteiger partial charge in [-0.1, -0.05) is 6.07 Å². The van der Waals surface area contributed by atoms with Gasteiger partial charge in [-0.3, -0.25) is 0 Å². The average Bonchev–Trinajstić information content (AvgIpc) is 2.39. The van der Waals surface area contributed by atoms with E-state index in [2.05, 4.69) is 72.2 Å². The molecule has 1 heterocycles. The van der Waals surface area contributed by atoms with Gasteiger partial charge in [-0.15, -0.1) is 0 Å². The van der Waals surface area contributed by atoms with Gasteiger partial charge < -0.3 is 0 Å². The van der Waals surface area contributed by atoms with Crippen molar-refractivity contribution in [2.45, 2.75) is 48.5 Å². The highest BCUT2D eigenvalue weighted by Gasteiger charge is 2.21. The van der Waals surface area contributed by atoms with Crippen LogP contribution in [0.15, 0.2) is 12.1 Å². The minimum absolute atomic E-state index is 1.32. The molecule has 0 aliphatic carbocycles. The highest BCUT2D eigenvalue weighted by molar-refractivity contribution is 5.69. The summed E-state index contributed by atoms with van der Waals surface area (Å²) < 4.78 is 2.33. The first-order valence-electron chi connectivity index (χ1n) is 7.30. The molecule has 0 bridgehead atoms. The van der Waals surface area contributed by atoms with Crippen LogP contribution in [0.3, 0.4) is 0 Å². The van der Waals surface area contributed by atoms with Crippen LogP contribution in [0.25, 0.3) is 11.3 Å². The molecule has 1 aromatic heterocycles. The van der Waals surface area contributed by atoms with Gasteiger partial charge >= 0.3 is 0 Å². The summed E-state index contributed by atoms with van der Waals surface area (Å²) >= 11 is 0. The molecule has 0 N–H and O–H groups in total. The van der Waals surface area contributed by atoms with Gasteiger partial charge in [0, 0.05) is 18.6 Å². The molecule has 0 fully saturated rings. The maximum absolute atomic E-state index is 2.33. The summed E-state index contributed by atoms with van der Waals surface area (Å²) in [5.74, 6) is 0. The second kappa shape index (κ2) is 5.05. The molecule has 0 radical (unpaired) electrons. The van der Waals surface area contributed by atoms with Crippen LogP contribution in [0.1, 0.15) is 39.1 Å². The number of hydrogen-bond donors (Lipinski definition) is 0. The zero-order valence-corrected chi connectivity index (χ0v) is 14.1. The molecule has 0 aliphatic heterocycles. The third-order valence-corrected chi connectivity index (χ3v) is 4.96. The Balaban J connectivity index is 2.86. The van der Waals surface area contributed by atoms with Gasteiger partial charge in [-0.2, -0.15) is 4.57 Å². The summed E-state index contributed by atoms with van der Waals surface area (Å²) in [5, 5.41) is 0. The number of aryl methyl sites for hydroxylation is 3. The first-order chi connectivity index (χ1) is 9.25. The number of nitrogens with zero attached hydrogens (tertiary/aromatic N) is 1. The summed E-state index contributed by atoms with van der Waals surface area (Å²) in [5.41, 5.74) is 12.4. The van der Waals surface area contributed by atoms with E-state index in [1.54, 1.807) is 0 Å². The molecule has 0 unspecified atom stereocenters. The predicted molar refractivity (Wildman–Crippen MR) is 86.2 cm³/mol. The third-order valence-electron chi connectivity index (χ3n) is 4.96. The molecule has 0 spiro atoms. The van der Waals surface area contributed by atoms with Crippen LogP contribution < -0.4 is 4.57 Å². The largest absolute Gasteiger partial charge is 0.213 e. The van der Waals surface area contributed by atoms with Crippen LogP contribution in [-0.4, -0.2) is 0 Å². The third kappa shape index (κ3) is 2.15. The van der Waals surface area contributed by atoms with Crippen molar-refractivity contribution in [3.05, 3.63) is 51.2 Å². The molecule has 2 aromatic rings. The topological polar surface area (TPSA) is 3.88 Å². The predicted octanol–water partition coefficient (Wildman–Crippen LogP) is 4.34. The molecule has 0 aliphatic rings. The van der Waals surface area contributed by atoms with E-state index in [-0.39, 0.29) is 0 Å². The number of benzene rings is 1. The van der Waals surface area contributed by atoms with Gasteiger partial charge in [-0.05, 0) is 69.4 Å². The van der Waals surface area contributed by atoms with E-state index in [1.165, 1.54) is 50.3 Å². The molecular weight excluding hydrogens is 242 g/mol. The zero-order valence-electron chi connectivity index (χ0n) is 14.1. The summed E-state index contributed by atoms with van der Waals surface area (Å²) in [6.07, 6.45) is 0. The van der Waals surface area contributed by atoms with Crippen molar-refractivity contribution in [1.82, 2.24) is 0 Å². The lowest BCUT2D eigenvalue weighted by Gasteiger charge is -2.15. The Labute approximate surface area is 123 Å². The highest BCUT2D eigenvalue weighted by Crippen LogP contribution is 2.30. The zero-order chi connectivity index (χ0) is 15.2. The van der Waals surface area contributed by atoms with Crippen molar-refractivity contribution in [2.24, 2.45) is 7.05 Å².